The molecule has 1 N–H and O–H groups in total. The van der Waals surface area contributed by atoms with Gasteiger partial charge in [-0.25, -0.2) is 0 Å². The van der Waals surface area contributed by atoms with Crippen LogP contribution in [0.2, 0.25) is 0 Å². The lowest BCUT2D eigenvalue weighted by atomic mass is 10.1. The highest BCUT2D eigenvalue weighted by Crippen LogP contribution is 2.23. The Morgan fingerprint density at radius 2 is 1.78 bits per heavy atom. The number of benzene rings is 2. The van der Waals surface area contributed by atoms with Crippen molar-refractivity contribution < 1.29 is 9.59 Å². The van der Waals surface area contributed by atoms with E-state index in [0.29, 0.717) is 11.7 Å². The third-order valence-corrected chi connectivity index (χ3v) is 6.07. The number of hydrogen-bond donors (Lipinski definition) is 1. The van der Waals surface area contributed by atoms with Crippen molar-refractivity contribution in [3.8, 4) is 11.4 Å². The largest absolute Gasteiger partial charge is 0.333 e. The van der Waals surface area contributed by atoms with Gasteiger partial charge in [-0.2, -0.15) is 0 Å². The average Bonchev–Trinajstić information content (AvgIpc) is 3.14. The molecule has 168 valence electrons. The number of carbonyl (C=O) groups is 2. The fourth-order valence-corrected chi connectivity index (χ4v) is 4.06. The minimum Gasteiger partial charge on any atom is -0.333 e. The van der Waals surface area contributed by atoms with Gasteiger partial charge in [0.25, 0.3) is 0 Å². The van der Waals surface area contributed by atoms with Crippen LogP contribution < -0.4 is 5.32 Å². The molecule has 8 heteroatoms. The fourth-order valence-electron chi connectivity index (χ4n) is 3.25. The number of carbonyl (C=O) groups excluding carboxylic acids is 2. The van der Waals surface area contributed by atoms with Crippen LogP contribution in [-0.4, -0.2) is 50.3 Å². The maximum Gasteiger partial charge on any atom is 0.244 e. The molecular formula is C24H29N5O2S. The Bertz CT molecular complexity index is 1080. The second-order valence-electron chi connectivity index (χ2n) is 7.70. The normalized spacial score (nSPS) is 10.8. The molecule has 0 aliphatic heterocycles. The Hall–Kier alpha value is -3.13. The number of aryl methyl sites for hydroxylation is 2. The number of thioether (sulfide) groups is 1. The van der Waals surface area contributed by atoms with E-state index < -0.39 is 0 Å². The zero-order valence-electron chi connectivity index (χ0n) is 19.0. The fraction of sp³-hybridized carbons (Fsp3) is 0.333. The highest BCUT2D eigenvalue weighted by molar-refractivity contribution is 7.99. The molecule has 0 aliphatic rings. The Labute approximate surface area is 193 Å². The molecule has 0 aliphatic carbocycles. The summed E-state index contributed by atoms with van der Waals surface area (Å²) >= 11 is 1.33. The molecule has 0 saturated carbocycles. The third-order valence-electron chi connectivity index (χ3n) is 5.07. The van der Waals surface area contributed by atoms with E-state index >= 15 is 0 Å². The van der Waals surface area contributed by atoms with Crippen molar-refractivity contribution in [1.29, 1.82) is 0 Å². The monoisotopic (exact) mass is 451 g/mol. The van der Waals surface area contributed by atoms with Crippen LogP contribution in [0.25, 0.3) is 11.4 Å². The summed E-state index contributed by atoms with van der Waals surface area (Å²) in [5, 5.41) is 12.1. The summed E-state index contributed by atoms with van der Waals surface area (Å²) in [4.78, 5) is 27.0. The molecule has 0 fully saturated rings. The first-order valence-electron chi connectivity index (χ1n) is 10.6. The van der Waals surface area contributed by atoms with Gasteiger partial charge in [0.05, 0.1) is 12.3 Å². The van der Waals surface area contributed by atoms with E-state index in [2.05, 4.69) is 15.5 Å². The van der Waals surface area contributed by atoms with E-state index in [1.807, 2.05) is 80.9 Å². The van der Waals surface area contributed by atoms with Crippen LogP contribution in [0, 0.1) is 13.8 Å². The quantitative estimate of drug-likeness (QED) is 0.496. The zero-order chi connectivity index (χ0) is 23.1. The van der Waals surface area contributed by atoms with Crippen LogP contribution in [0.15, 0.2) is 53.7 Å². The van der Waals surface area contributed by atoms with Crippen molar-refractivity contribution in [2.75, 3.05) is 24.2 Å². The van der Waals surface area contributed by atoms with Crippen molar-refractivity contribution in [3.05, 3.63) is 59.7 Å². The van der Waals surface area contributed by atoms with Gasteiger partial charge in [0.2, 0.25) is 11.8 Å². The maximum atomic E-state index is 12.9. The molecule has 32 heavy (non-hydrogen) atoms. The smallest absolute Gasteiger partial charge is 0.244 e. The first-order chi connectivity index (χ1) is 15.4. The molecule has 3 rings (SSSR count). The van der Waals surface area contributed by atoms with E-state index in [1.165, 1.54) is 17.3 Å². The lowest BCUT2D eigenvalue weighted by Crippen LogP contribution is -2.39. The molecule has 0 radical (unpaired) electrons. The molecule has 0 spiro atoms. The van der Waals surface area contributed by atoms with E-state index in [0.717, 1.165) is 29.1 Å². The van der Waals surface area contributed by atoms with Gasteiger partial charge < -0.3 is 14.8 Å². The summed E-state index contributed by atoms with van der Waals surface area (Å²) in [5.74, 6) is 0.642. The molecule has 7 nitrogen and oxygen atoms in total. The standard InChI is InChI=1S/C24H29N5O2S/c1-5-14-29(15-21(30)25-20-9-7-6-8-18(20)3)22(31)16-32-24-27-26-23(28(24)4)19-12-10-17(2)11-13-19/h6-13H,5,14-16H2,1-4H3,(H,25,30). The predicted octanol–water partition coefficient (Wildman–Crippen LogP) is 4.07. The van der Waals surface area contributed by atoms with E-state index in [-0.39, 0.29) is 24.1 Å². The number of hydrogen-bond acceptors (Lipinski definition) is 5. The van der Waals surface area contributed by atoms with Gasteiger partial charge in [-0.05, 0) is 31.9 Å². The summed E-state index contributed by atoms with van der Waals surface area (Å²) in [7, 11) is 1.89. The zero-order valence-corrected chi connectivity index (χ0v) is 19.8. The predicted molar refractivity (Wildman–Crippen MR) is 129 cm³/mol. The number of anilines is 1. The summed E-state index contributed by atoms with van der Waals surface area (Å²) in [6.07, 6.45) is 0.773. The van der Waals surface area contributed by atoms with Gasteiger partial charge >= 0.3 is 0 Å². The molecular weight excluding hydrogens is 422 g/mol. The van der Waals surface area contributed by atoms with Gasteiger partial charge in [-0.3, -0.25) is 9.59 Å². The first kappa shape index (κ1) is 23.5. The summed E-state index contributed by atoms with van der Waals surface area (Å²) in [6.45, 7) is 6.51. The topological polar surface area (TPSA) is 80.1 Å². The number of nitrogens with one attached hydrogen (secondary N) is 1. The molecule has 1 heterocycles. The van der Waals surface area contributed by atoms with Crippen LogP contribution >= 0.6 is 11.8 Å². The molecule has 1 aromatic heterocycles. The SMILES string of the molecule is CCCN(CC(=O)Nc1ccccc1C)C(=O)CSc1nnc(-c2ccc(C)cc2)n1C. The third kappa shape index (κ3) is 5.97. The Balaban J connectivity index is 1.61. The van der Waals surface area contributed by atoms with Gasteiger partial charge in [-0.15, -0.1) is 10.2 Å². The Kier molecular flexibility index (Phi) is 8.05. The van der Waals surface area contributed by atoms with Crippen LogP contribution in [0.4, 0.5) is 5.69 Å². The number of para-hydroxylation sites is 1. The minimum atomic E-state index is -0.202. The molecule has 2 aromatic carbocycles. The Morgan fingerprint density at radius 1 is 1.06 bits per heavy atom. The average molecular weight is 452 g/mol. The van der Waals surface area contributed by atoms with Crippen molar-refractivity contribution >= 4 is 29.3 Å². The van der Waals surface area contributed by atoms with Crippen LogP contribution in [0.1, 0.15) is 24.5 Å². The van der Waals surface area contributed by atoms with Crippen LogP contribution in [0.5, 0.6) is 0 Å². The lowest BCUT2D eigenvalue weighted by molar-refractivity contribution is -0.132. The van der Waals surface area contributed by atoms with Crippen molar-refractivity contribution in [3.63, 3.8) is 0 Å². The number of amides is 2. The number of nitrogens with zero attached hydrogens (tertiary/aromatic N) is 4. The molecule has 0 unspecified atom stereocenters. The maximum absolute atomic E-state index is 12.9. The van der Waals surface area contributed by atoms with Crippen LogP contribution in [0.3, 0.4) is 0 Å². The molecule has 0 atom stereocenters. The van der Waals surface area contributed by atoms with E-state index in [4.69, 9.17) is 0 Å². The molecule has 0 bridgehead atoms. The van der Waals surface area contributed by atoms with Crippen LogP contribution in [-0.2, 0) is 16.6 Å². The Morgan fingerprint density at radius 3 is 2.47 bits per heavy atom. The number of rotatable bonds is 9. The molecule has 2 amide bonds. The first-order valence-corrected chi connectivity index (χ1v) is 11.6. The summed E-state index contributed by atoms with van der Waals surface area (Å²) < 4.78 is 1.89. The lowest BCUT2D eigenvalue weighted by Gasteiger charge is -2.21. The van der Waals surface area contributed by atoms with Gasteiger partial charge in [0, 0.05) is 24.8 Å². The molecule has 0 saturated heterocycles. The second-order valence-corrected chi connectivity index (χ2v) is 8.64. The van der Waals surface area contributed by atoms with E-state index in [9.17, 15) is 9.59 Å². The van der Waals surface area contributed by atoms with E-state index in [1.54, 1.807) is 4.90 Å². The molecule has 3 aromatic rings. The van der Waals surface area contributed by atoms with Gasteiger partial charge in [0.15, 0.2) is 11.0 Å². The highest BCUT2D eigenvalue weighted by Gasteiger charge is 2.19. The second kappa shape index (κ2) is 10.9. The van der Waals surface area contributed by atoms with Crippen molar-refractivity contribution in [2.24, 2.45) is 7.05 Å². The van der Waals surface area contributed by atoms with Crippen molar-refractivity contribution in [2.45, 2.75) is 32.3 Å². The minimum absolute atomic E-state index is 0.0228. The summed E-state index contributed by atoms with van der Waals surface area (Å²) in [5.41, 5.74) is 3.90. The summed E-state index contributed by atoms with van der Waals surface area (Å²) in [6, 6.07) is 15.7. The van der Waals surface area contributed by atoms with Gasteiger partial charge in [-0.1, -0.05) is 66.7 Å². The van der Waals surface area contributed by atoms with Crippen molar-refractivity contribution in [1.82, 2.24) is 19.7 Å². The number of aromatic nitrogens is 3. The highest BCUT2D eigenvalue weighted by atomic mass is 32.2. The van der Waals surface area contributed by atoms with Gasteiger partial charge in [0.1, 0.15) is 0 Å².